The molecule has 3 aromatic carbocycles. The molecule has 3 aromatic rings. The smallest absolute Gasteiger partial charge is 0.330 e. The van der Waals surface area contributed by atoms with Crippen molar-refractivity contribution in [2.45, 2.75) is 24.7 Å². The van der Waals surface area contributed by atoms with Crippen LogP contribution in [0.2, 0.25) is 0 Å². The second-order valence-electron chi connectivity index (χ2n) is 7.50. The summed E-state index contributed by atoms with van der Waals surface area (Å²) in [6.07, 6.45) is 2.05. The van der Waals surface area contributed by atoms with Gasteiger partial charge in [0.25, 0.3) is 0 Å². The Bertz CT molecular complexity index is 1060. The quantitative estimate of drug-likeness (QED) is 0.424. The lowest BCUT2D eigenvalue weighted by Gasteiger charge is -2.34. The van der Waals surface area contributed by atoms with Crippen molar-refractivity contribution in [3.8, 4) is 23.0 Å². The maximum absolute atomic E-state index is 12.1. The second kappa shape index (κ2) is 10.6. The standard InChI is InChI=1S/C27H26O6/c1-29-20-11-15-22(16-12-20)31-26(19-7-4-3-5-8-19)27(24-9-6-10-25(28)33-24)32-23-17-13-21(30-2)14-18-23/h3-8,10-18,24,26-27H,9H2,1-2H3/t24-,26-,27+/m1/s1. The largest absolute Gasteiger partial charge is 0.497 e. The first-order chi connectivity index (χ1) is 16.2. The molecule has 0 amide bonds. The van der Waals surface area contributed by atoms with Crippen LogP contribution >= 0.6 is 0 Å². The lowest BCUT2D eigenvalue weighted by Crippen LogP contribution is -2.43. The highest BCUT2D eigenvalue weighted by Crippen LogP contribution is 2.33. The summed E-state index contributed by atoms with van der Waals surface area (Å²) >= 11 is 0. The minimum absolute atomic E-state index is 0.397. The fourth-order valence-corrected chi connectivity index (χ4v) is 3.65. The van der Waals surface area contributed by atoms with Gasteiger partial charge in [-0.25, -0.2) is 4.79 Å². The lowest BCUT2D eigenvalue weighted by atomic mass is 9.96. The highest BCUT2D eigenvalue weighted by atomic mass is 16.6. The minimum Gasteiger partial charge on any atom is -0.497 e. The van der Waals surface area contributed by atoms with Gasteiger partial charge in [0.15, 0.2) is 12.2 Å². The topological polar surface area (TPSA) is 63.2 Å². The van der Waals surface area contributed by atoms with Gasteiger partial charge in [0.2, 0.25) is 0 Å². The van der Waals surface area contributed by atoms with Gasteiger partial charge in [0, 0.05) is 12.5 Å². The first-order valence-electron chi connectivity index (χ1n) is 10.7. The Hall–Kier alpha value is -3.93. The van der Waals surface area contributed by atoms with Gasteiger partial charge in [-0.05, 0) is 54.1 Å². The van der Waals surface area contributed by atoms with E-state index in [9.17, 15) is 4.79 Å². The number of benzene rings is 3. The summed E-state index contributed by atoms with van der Waals surface area (Å²) in [6, 6.07) is 24.4. The summed E-state index contributed by atoms with van der Waals surface area (Å²) in [5, 5.41) is 0. The molecule has 1 aliphatic heterocycles. The van der Waals surface area contributed by atoms with Crippen LogP contribution in [0.4, 0.5) is 0 Å². The van der Waals surface area contributed by atoms with Crippen molar-refractivity contribution in [1.82, 2.24) is 0 Å². The molecule has 0 unspecified atom stereocenters. The van der Waals surface area contributed by atoms with Crippen LogP contribution in [0.25, 0.3) is 0 Å². The monoisotopic (exact) mass is 446 g/mol. The summed E-state index contributed by atoms with van der Waals surface area (Å²) in [4.78, 5) is 12.1. The second-order valence-corrected chi connectivity index (χ2v) is 7.50. The Kier molecular flexibility index (Phi) is 7.15. The van der Waals surface area contributed by atoms with E-state index < -0.39 is 24.3 Å². The van der Waals surface area contributed by atoms with Crippen LogP contribution in [0.15, 0.2) is 91.0 Å². The van der Waals surface area contributed by atoms with E-state index in [2.05, 4.69) is 0 Å². The van der Waals surface area contributed by atoms with E-state index >= 15 is 0 Å². The van der Waals surface area contributed by atoms with E-state index in [0.29, 0.717) is 17.9 Å². The van der Waals surface area contributed by atoms with E-state index in [-0.39, 0.29) is 0 Å². The molecule has 33 heavy (non-hydrogen) atoms. The molecule has 0 N–H and O–H groups in total. The minimum atomic E-state index is -0.614. The van der Waals surface area contributed by atoms with Crippen LogP contribution in [0.3, 0.4) is 0 Å². The van der Waals surface area contributed by atoms with Gasteiger partial charge in [0.1, 0.15) is 29.1 Å². The van der Waals surface area contributed by atoms with Gasteiger partial charge in [-0.1, -0.05) is 36.4 Å². The Morgan fingerprint density at radius 1 is 0.758 bits per heavy atom. The van der Waals surface area contributed by atoms with E-state index in [0.717, 1.165) is 17.1 Å². The zero-order valence-electron chi connectivity index (χ0n) is 18.5. The number of methoxy groups -OCH3 is 2. The number of ether oxygens (including phenoxy) is 5. The molecule has 0 saturated carbocycles. The molecular formula is C27H26O6. The Morgan fingerprint density at radius 3 is 1.85 bits per heavy atom. The van der Waals surface area contributed by atoms with Gasteiger partial charge in [0.05, 0.1) is 14.2 Å². The molecule has 6 nitrogen and oxygen atoms in total. The van der Waals surface area contributed by atoms with Gasteiger partial charge in [-0.2, -0.15) is 0 Å². The molecule has 4 rings (SSSR count). The van der Waals surface area contributed by atoms with Crippen LogP contribution in [0, 0.1) is 0 Å². The van der Waals surface area contributed by atoms with E-state index in [1.165, 1.54) is 6.08 Å². The predicted octanol–water partition coefficient (Wildman–Crippen LogP) is 5.14. The van der Waals surface area contributed by atoms with Gasteiger partial charge in [-0.3, -0.25) is 0 Å². The third kappa shape index (κ3) is 5.66. The first kappa shape index (κ1) is 22.3. The van der Waals surface area contributed by atoms with Gasteiger partial charge in [-0.15, -0.1) is 0 Å². The van der Waals surface area contributed by atoms with E-state index in [1.807, 2.05) is 78.9 Å². The van der Waals surface area contributed by atoms with Crippen molar-refractivity contribution in [2.75, 3.05) is 14.2 Å². The summed E-state index contributed by atoms with van der Waals surface area (Å²) in [5.41, 5.74) is 0.900. The lowest BCUT2D eigenvalue weighted by molar-refractivity contribution is -0.152. The normalized spacial score (nSPS) is 16.9. The molecule has 0 radical (unpaired) electrons. The molecule has 3 atom stereocenters. The molecule has 0 fully saturated rings. The highest BCUT2D eigenvalue weighted by Gasteiger charge is 2.37. The van der Waals surface area contributed by atoms with E-state index in [1.54, 1.807) is 20.3 Å². The Balaban J connectivity index is 1.70. The summed E-state index contributed by atoms with van der Waals surface area (Å²) in [6.45, 7) is 0. The fourth-order valence-electron chi connectivity index (χ4n) is 3.65. The van der Waals surface area contributed by atoms with Crippen LogP contribution in [-0.4, -0.2) is 32.4 Å². The van der Waals surface area contributed by atoms with E-state index in [4.69, 9.17) is 23.7 Å². The van der Waals surface area contributed by atoms with Crippen molar-refractivity contribution in [1.29, 1.82) is 0 Å². The van der Waals surface area contributed by atoms with Crippen molar-refractivity contribution >= 4 is 5.97 Å². The van der Waals surface area contributed by atoms with Gasteiger partial charge >= 0.3 is 5.97 Å². The molecule has 0 aromatic heterocycles. The maximum Gasteiger partial charge on any atom is 0.330 e. The number of cyclic esters (lactones) is 1. The molecule has 1 aliphatic rings. The van der Waals surface area contributed by atoms with Crippen LogP contribution < -0.4 is 18.9 Å². The average Bonchev–Trinajstić information content (AvgIpc) is 2.87. The number of hydrogen-bond donors (Lipinski definition) is 0. The summed E-state index contributed by atoms with van der Waals surface area (Å²) < 4.78 is 29.0. The number of hydrogen-bond acceptors (Lipinski definition) is 6. The van der Waals surface area contributed by atoms with Crippen molar-refractivity contribution in [3.63, 3.8) is 0 Å². The Morgan fingerprint density at radius 2 is 1.30 bits per heavy atom. The molecule has 0 saturated heterocycles. The number of carbonyl (C=O) groups is 1. The third-order valence-electron chi connectivity index (χ3n) is 5.34. The van der Waals surface area contributed by atoms with Crippen LogP contribution in [0.1, 0.15) is 18.1 Å². The number of rotatable bonds is 9. The number of esters is 1. The molecule has 0 spiro atoms. The van der Waals surface area contributed by atoms with Crippen molar-refractivity contribution < 1.29 is 28.5 Å². The molecule has 6 heteroatoms. The predicted molar refractivity (Wildman–Crippen MR) is 124 cm³/mol. The number of carbonyl (C=O) groups excluding carboxylic acids is 1. The molecule has 170 valence electrons. The zero-order valence-corrected chi connectivity index (χ0v) is 18.5. The first-order valence-corrected chi connectivity index (χ1v) is 10.7. The zero-order chi connectivity index (χ0) is 23.0. The summed E-state index contributed by atoms with van der Waals surface area (Å²) in [5.74, 6) is 2.32. The maximum atomic E-state index is 12.1. The molecule has 0 aliphatic carbocycles. The average molecular weight is 446 g/mol. The summed E-state index contributed by atoms with van der Waals surface area (Å²) in [7, 11) is 3.23. The molecule has 0 bridgehead atoms. The van der Waals surface area contributed by atoms with Crippen molar-refractivity contribution in [3.05, 3.63) is 96.6 Å². The van der Waals surface area contributed by atoms with Crippen molar-refractivity contribution in [2.24, 2.45) is 0 Å². The SMILES string of the molecule is COc1ccc(O[C@H]([C@H](Oc2ccc(OC)cc2)c2ccccc2)[C@H]2CC=CC(=O)O2)cc1. The fraction of sp³-hybridized carbons (Fsp3) is 0.222. The molecule has 1 heterocycles. The Labute approximate surface area is 193 Å². The van der Waals surface area contributed by atoms with Crippen LogP contribution in [-0.2, 0) is 9.53 Å². The third-order valence-corrected chi connectivity index (χ3v) is 5.34. The van der Waals surface area contributed by atoms with Gasteiger partial charge < -0.3 is 23.7 Å². The molecular weight excluding hydrogens is 420 g/mol. The highest BCUT2D eigenvalue weighted by molar-refractivity contribution is 5.82. The van der Waals surface area contributed by atoms with Crippen LogP contribution in [0.5, 0.6) is 23.0 Å².